The predicted molar refractivity (Wildman–Crippen MR) is 91.6 cm³/mol. The Morgan fingerprint density at radius 3 is 1.14 bits per heavy atom. The van der Waals surface area contributed by atoms with Gasteiger partial charge in [0, 0.05) is 0 Å². The van der Waals surface area contributed by atoms with E-state index in [4.69, 9.17) is 4.74 Å². The molecule has 0 radical (unpaired) electrons. The maximum absolute atomic E-state index is 10.1. The number of hydrogen-bond donors (Lipinski definition) is 2. The second kappa shape index (κ2) is 5.77. The van der Waals surface area contributed by atoms with E-state index in [0.29, 0.717) is 0 Å². The fraction of sp³-hybridized carbons (Fsp3) is 0.250. The Kier molecular flexibility index (Phi) is 4.39. The Labute approximate surface area is 128 Å². The van der Waals surface area contributed by atoms with Gasteiger partial charge in [0.25, 0.3) is 0 Å². The molecule has 0 fully saturated rings. The summed E-state index contributed by atoms with van der Waals surface area (Å²) in [5, 5.41) is 1.97. The highest BCUT2D eigenvalue weighted by atomic mass is 28.4. The molecule has 112 valence electrons. The van der Waals surface area contributed by atoms with Crippen molar-refractivity contribution >= 4 is 27.0 Å². The summed E-state index contributed by atoms with van der Waals surface area (Å²) in [5.74, 6) is 1.48. The van der Waals surface area contributed by atoms with E-state index in [1.807, 2.05) is 74.7 Å². The standard InChI is InChI=1S/C16H22O3Si2/c1-20(2,17)15-9-5-13(6-10-15)19-14-7-11-16(12-8-14)21(3,4)18/h5-12,17-18H,1-4H3. The van der Waals surface area contributed by atoms with Crippen LogP contribution in [0.2, 0.25) is 26.2 Å². The van der Waals surface area contributed by atoms with Crippen LogP contribution in [0.3, 0.4) is 0 Å². The zero-order valence-corrected chi connectivity index (χ0v) is 14.9. The normalized spacial score (nSPS) is 12.3. The minimum absolute atomic E-state index is 0.741. The van der Waals surface area contributed by atoms with Gasteiger partial charge in [0.15, 0.2) is 0 Å². The van der Waals surface area contributed by atoms with Crippen molar-refractivity contribution in [3.05, 3.63) is 48.5 Å². The van der Waals surface area contributed by atoms with Crippen LogP contribution in [0, 0.1) is 0 Å². The van der Waals surface area contributed by atoms with Crippen molar-refractivity contribution in [2.45, 2.75) is 26.2 Å². The minimum atomic E-state index is -2.26. The summed E-state index contributed by atoms with van der Waals surface area (Å²) in [4.78, 5) is 20.1. The number of hydrogen-bond acceptors (Lipinski definition) is 3. The van der Waals surface area contributed by atoms with Crippen molar-refractivity contribution in [2.75, 3.05) is 0 Å². The molecule has 0 heterocycles. The molecule has 2 aromatic rings. The van der Waals surface area contributed by atoms with Gasteiger partial charge in [0.1, 0.15) is 11.5 Å². The summed E-state index contributed by atoms with van der Waals surface area (Å²) in [6, 6.07) is 15.2. The van der Waals surface area contributed by atoms with E-state index in [0.717, 1.165) is 21.9 Å². The molecule has 2 N–H and O–H groups in total. The van der Waals surface area contributed by atoms with Crippen LogP contribution in [0.5, 0.6) is 11.5 Å². The molecule has 0 bridgehead atoms. The SMILES string of the molecule is C[Si](C)(O)c1ccc(Oc2ccc([Si](C)(C)O)cc2)cc1. The van der Waals surface area contributed by atoms with E-state index in [1.165, 1.54) is 0 Å². The Hall–Kier alpha value is -1.41. The van der Waals surface area contributed by atoms with Crippen LogP contribution in [0.1, 0.15) is 0 Å². The van der Waals surface area contributed by atoms with Crippen LogP contribution in [0.15, 0.2) is 48.5 Å². The molecule has 0 aliphatic rings. The van der Waals surface area contributed by atoms with Crippen molar-refractivity contribution in [1.82, 2.24) is 0 Å². The molecule has 0 saturated carbocycles. The van der Waals surface area contributed by atoms with Gasteiger partial charge in [-0.05, 0) is 60.8 Å². The zero-order chi connectivity index (χ0) is 15.7. The van der Waals surface area contributed by atoms with Crippen LogP contribution in [0.4, 0.5) is 0 Å². The highest BCUT2D eigenvalue weighted by molar-refractivity contribution is 6.83. The summed E-state index contributed by atoms with van der Waals surface area (Å²) in [6.07, 6.45) is 0. The second-order valence-electron chi connectivity index (χ2n) is 6.27. The molecule has 21 heavy (non-hydrogen) atoms. The van der Waals surface area contributed by atoms with Gasteiger partial charge in [-0.2, -0.15) is 0 Å². The smallest absolute Gasteiger partial charge is 0.213 e. The highest BCUT2D eigenvalue weighted by Crippen LogP contribution is 2.20. The summed E-state index contributed by atoms with van der Waals surface area (Å²) in [6.45, 7) is 7.56. The molecule has 0 aromatic heterocycles. The van der Waals surface area contributed by atoms with E-state index in [-0.39, 0.29) is 0 Å². The zero-order valence-electron chi connectivity index (χ0n) is 12.9. The van der Waals surface area contributed by atoms with Crippen LogP contribution in [-0.2, 0) is 0 Å². The van der Waals surface area contributed by atoms with Gasteiger partial charge in [-0.3, -0.25) is 0 Å². The second-order valence-corrected chi connectivity index (χ2v) is 13.7. The van der Waals surface area contributed by atoms with E-state index >= 15 is 0 Å². The van der Waals surface area contributed by atoms with E-state index in [1.54, 1.807) is 0 Å². The van der Waals surface area contributed by atoms with Gasteiger partial charge in [-0.15, -0.1) is 0 Å². The minimum Gasteiger partial charge on any atom is -0.457 e. The first-order valence-corrected chi connectivity index (χ1v) is 12.9. The average molecular weight is 319 g/mol. The fourth-order valence-electron chi connectivity index (χ4n) is 2.00. The predicted octanol–water partition coefficient (Wildman–Crippen LogP) is 2.29. The van der Waals surface area contributed by atoms with Crippen LogP contribution < -0.4 is 15.1 Å². The molecule has 0 aliphatic carbocycles. The summed E-state index contributed by atoms with van der Waals surface area (Å²) in [5.41, 5.74) is 0. The van der Waals surface area contributed by atoms with Gasteiger partial charge in [0.05, 0.1) is 0 Å². The Morgan fingerprint density at radius 2 is 0.905 bits per heavy atom. The molecular weight excluding hydrogens is 296 g/mol. The monoisotopic (exact) mass is 318 g/mol. The molecule has 0 unspecified atom stereocenters. The lowest BCUT2D eigenvalue weighted by Gasteiger charge is -2.16. The quantitative estimate of drug-likeness (QED) is 0.851. The molecule has 0 amide bonds. The van der Waals surface area contributed by atoms with Crippen LogP contribution in [0.25, 0.3) is 0 Å². The average Bonchev–Trinajstić information content (AvgIpc) is 2.38. The molecule has 3 nitrogen and oxygen atoms in total. The highest BCUT2D eigenvalue weighted by Gasteiger charge is 2.20. The third-order valence-corrected chi connectivity index (χ3v) is 6.85. The van der Waals surface area contributed by atoms with Crippen LogP contribution >= 0.6 is 0 Å². The van der Waals surface area contributed by atoms with Crippen molar-refractivity contribution in [3.8, 4) is 11.5 Å². The van der Waals surface area contributed by atoms with E-state index in [2.05, 4.69) is 0 Å². The van der Waals surface area contributed by atoms with Gasteiger partial charge in [-0.1, -0.05) is 24.3 Å². The molecule has 5 heteroatoms. The topological polar surface area (TPSA) is 49.7 Å². The van der Waals surface area contributed by atoms with E-state index in [9.17, 15) is 9.59 Å². The third kappa shape index (κ3) is 4.28. The van der Waals surface area contributed by atoms with Crippen molar-refractivity contribution in [1.29, 1.82) is 0 Å². The Bertz CT molecular complexity index is 538. The van der Waals surface area contributed by atoms with Crippen molar-refractivity contribution < 1.29 is 14.3 Å². The lowest BCUT2D eigenvalue weighted by atomic mass is 10.3. The molecular formula is C16H22O3Si2. The third-order valence-electron chi connectivity index (χ3n) is 3.36. The molecule has 2 rings (SSSR count). The molecule has 0 spiro atoms. The maximum atomic E-state index is 10.1. The maximum Gasteiger partial charge on any atom is 0.213 e. The number of rotatable bonds is 4. The summed E-state index contributed by atoms with van der Waals surface area (Å²) in [7, 11) is -4.51. The first kappa shape index (κ1) is 16.0. The van der Waals surface area contributed by atoms with Gasteiger partial charge in [0.2, 0.25) is 16.6 Å². The first-order chi connectivity index (χ1) is 9.66. The molecule has 0 aliphatic heterocycles. The first-order valence-electron chi connectivity index (χ1n) is 7.00. The summed E-state index contributed by atoms with van der Waals surface area (Å²) < 4.78 is 5.78. The number of ether oxygens (including phenoxy) is 1. The fourth-order valence-corrected chi connectivity index (χ4v) is 3.96. The van der Waals surface area contributed by atoms with Gasteiger partial charge >= 0.3 is 0 Å². The van der Waals surface area contributed by atoms with E-state index < -0.39 is 16.6 Å². The summed E-state index contributed by atoms with van der Waals surface area (Å²) >= 11 is 0. The Balaban J connectivity index is 2.12. The lowest BCUT2D eigenvalue weighted by Crippen LogP contribution is -2.41. The molecule has 0 atom stereocenters. The van der Waals surface area contributed by atoms with Crippen molar-refractivity contribution in [2.24, 2.45) is 0 Å². The Morgan fingerprint density at radius 1 is 0.619 bits per heavy atom. The molecule has 2 aromatic carbocycles. The number of benzene rings is 2. The van der Waals surface area contributed by atoms with Gasteiger partial charge in [-0.25, -0.2) is 0 Å². The van der Waals surface area contributed by atoms with Crippen molar-refractivity contribution in [3.63, 3.8) is 0 Å². The largest absolute Gasteiger partial charge is 0.457 e. The van der Waals surface area contributed by atoms with Crippen LogP contribution in [-0.4, -0.2) is 26.2 Å². The lowest BCUT2D eigenvalue weighted by molar-refractivity contribution is 0.483. The molecule has 0 saturated heterocycles. The van der Waals surface area contributed by atoms with Gasteiger partial charge < -0.3 is 14.3 Å².